The number of halogens is 1. The minimum absolute atomic E-state index is 0.0798. The van der Waals surface area contributed by atoms with Crippen LogP contribution in [0.1, 0.15) is 25.5 Å². The van der Waals surface area contributed by atoms with Gasteiger partial charge in [-0.1, -0.05) is 42.5 Å². The summed E-state index contributed by atoms with van der Waals surface area (Å²) in [6.45, 7) is 4.70. The number of aromatic nitrogens is 4. The van der Waals surface area contributed by atoms with Crippen molar-refractivity contribution in [2.45, 2.75) is 26.4 Å². The van der Waals surface area contributed by atoms with Gasteiger partial charge < -0.3 is 10.6 Å². The largest absolute Gasteiger partial charge is 0.350 e. The first kappa shape index (κ1) is 17.9. The van der Waals surface area contributed by atoms with Crippen LogP contribution in [0.4, 0.5) is 22.0 Å². The van der Waals surface area contributed by atoms with Crippen molar-refractivity contribution in [3.05, 3.63) is 72.2 Å². The van der Waals surface area contributed by atoms with Gasteiger partial charge in [0.2, 0.25) is 11.9 Å². The third-order valence-corrected chi connectivity index (χ3v) is 4.36. The smallest absolute Gasteiger partial charge is 0.225 e. The maximum atomic E-state index is 14.1. The first-order valence-electron chi connectivity index (χ1n) is 9.16. The zero-order valence-electron chi connectivity index (χ0n) is 15.7. The van der Waals surface area contributed by atoms with Gasteiger partial charge in [0, 0.05) is 12.6 Å². The lowest BCUT2D eigenvalue weighted by Gasteiger charge is -2.14. The Hall–Kier alpha value is -3.48. The SMILES string of the molecule is CC(C)n1c(Nc2ccccc2F)nc2cnc(NCc3ccccc3)nc21. The van der Waals surface area contributed by atoms with Crippen LogP contribution in [0.25, 0.3) is 11.2 Å². The van der Waals surface area contributed by atoms with Crippen LogP contribution >= 0.6 is 0 Å². The van der Waals surface area contributed by atoms with Crippen molar-refractivity contribution in [2.75, 3.05) is 10.6 Å². The molecule has 0 aliphatic carbocycles. The lowest BCUT2D eigenvalue weighted by atomic mass is 10.2. The van der Waals surface area contributed by atoms with Gasteiger partial charge in [-0.15, -0.1) is 0 Å². The highest BCUT2D eigenvalue weighted by Crippen LogP contribution is 2.27. The standard InChI is InChI=1S/C21H21FN6/c1-14(2)28-19-18(26-21(28)25-17-11-7-6-10-16(17)22)13-24-20(27-19)23-12-15-8-4-3-5-9-15/h3-11,13-14H,12H2,1-2H3,(H,25,26)(H,23,24,27). The number of nitrogens with zero attached hydrogens (tertiary/aromatic N) is 4. The molecule has 28 heavy (non-hydrogen) atoms. The Morgan fingerprint density at radius 1 is 1.00 bits per heavy atom. The predicted molar refractivity (Wildman–Crippen MR) is 109 cm³/mol. The zero-order chi connectivity index (χ0) is 19.5. The summed E-state index contributed by atoms with van der Waals surface area (Å²) < 4.78 is 16.0. The van der Waals surface area contributed by atoms with Gasteiger partial charge in [-0.2, -0.15) is 4.98 Å². The van der Waals surface area contributed by atoms with Crippen molar-refractivity contribution in [1.82, 2.24) is 19.5 Å². The maximum absolute atomic E-state index is 14.1. The van der Waals surface area contributed by atoms with E-state index in [1.54, 1.807) is 24.4 Å². The fourth-order valence-corrected chi connectivity index (χ4v) is 3.01. The summed E-state index contributed by atoms with van der Waals surface area (Å²) in [6.07, 6.45) is 1.68. The number of rotatable bonds is 6. The summed E-state index contributed by atoms with van der Waals surface area (Å²) in [6, 6.07) is 16.7. The molecule has 7 heteroatoms. The van der Waals surface area contributed by atoms with Crippen LogP contribution in [0, 0.1) is 5.82 Å². The van der Waals surface area contributed by atoms with Crippen LogP contribution in [0.3, 0.4) is 0 Å². The van der Waals surface area contributed by atoms with Gasteiger partial charge in [0.25, 0.3) is 0 Å². The molecule has 0 saturated heterocycles. The molecule has 0 unspecified atom stereocenters. The number of imidazole rings is 1. The fourth-order valence-electron chi connectivity index (χ4n) is 3.01. The first-order chi connectivity index (χ1) is 13.6. The van der Waals surface area contributed by atoms with E-state index in [0.717, 1.165) is 5.56 Å². The zero-order valence-corrected chi connectivity index (χ0v) is 15.7. The van der Waals surface area contributed by atoms with E-state index in [1.165, 1.54) is 6.07 Å². The molecule has 0 amide bonds. The number of anilines is 3. The van der Waals surface area contributed by atoms with Crippen LogP contribution < -0.4 is 10.6 Å². The minimum Gasteiger partial charge on any atom is -0.350 e. The maximum Gasteiger partial charge on any atom is 0.225 e. The van der Waals surface area contributed by atoms with Gasteiger partial charge in [-0.25, -0.2) is 14.4 Å². The molecule has 142 valence electrons. The summed E-state index contributed by atoms with van der Waals surface area (Å²) >= 11 is 0. The van der Waals surface area contributed by atoms with E-state index >= 15 is 0 Å². The van der Waals surface area contributed by atoms with Crippen molar-refractivity contribution in [2.24, 2.45) is 0 Å². The van der Waals surface area contributed by atoms with E-state index in [1.807, 2.05) is 48.7 Å². The average molecular weight is 376 g/mol. The van der Waals surface area contributed by atoms with Crippen LogP contribution in [0.15, 0.2) is 60.8 Å². The number of fused-ring (bicyclic) bond motifs is 1. The van der Waals surface area contributed by atoms with Crippen LogP contribution in [-0.4, -0.2) is 19.5 Å². The van der Waals surface area contributed by atoms with E-state index in [0.29, 0.717) is 35.3 Å². The molecule has 2 aromatic heterocycles. The highest BCUT2D eigenvalue weighted by Gasteiger charge is 2.17. The lowest BCUT2D eigenvalue weighted by Crippen LogP contribution is -2.09. The molecule has 0 fully saturated rings. The Morgan fingerprint density at radius 2 is 1.75 bits per heavy atom. The molecular formula is C21H21FN6. The molecule has 0 radical (unpaired) electrons. The van der Waals surface area contributed by atoms with E-state index < -0.39 is 0 Å². The van der Waals surface area contributed by atoms with Gasteiger partial charge in [0.15, 0.2) is 5.65 Å². The number of hydrogen-bond acceptors (Lipinski definition) is 5. The van der Waals surface area contributed by atoms with Crippen molar-refractivity contribution in [1.29, 1.82) is 0 Å². The fraction of sp³-hybridized carbons (Fsp3) is 0.190. The quantitative estimate of drug-likeness (QED) is 0.501. The van der Waals surface area contributed by atoms with Gasteiger partial charge in [0.1, 0.15) is 11.3 Å². The third-order valence-electron chi connectivity index (χ3n) is 4.36. The number of para-hydroxylation sites is 1. The molecule has 0 atom stereocenters. The Kier molecular flexibility index (Phi) is 4.89. The predicted octanol–water partition coefficient (Wildman–Crippen LogP) is 4.90. The average Bonchev–Trinajstić information content (AvgIpc) is 3.06. The number of nitrogens with one attached hydrogen (secondary N) is 2. The summed E-state index contributed by atoms with van der Waals surface area (Å²) in [7, 11) is 0. The Balaban J connectivity index is 1.66. The molecule has 2 heterocycles. The monoisotopic (exact) mass is 376 g/mol. The molecule has 6 nitrogen and oxygen atoms in total. The molecule has 2 N–H and O–H groups in total. The molecule has 2 aromatic carbocycles. The van der Waals surface area contributed by atoms with Crippen molar-refractivity contribution in [3.8, 4) is 0 Å². The third kappa shape index (κ3) is 3.64. The molecule has 4 rings (SSSR count). The van der Waals surface area contributed by atoms with E-state index in [4.69, 9.17) is 0 Å². The molecule has 0 aliphatic rings. The van der Waals surface area contributed by atoms with Gasteiger partial charge in [-0.3, -0.25) is 4.57 Å². The Bertz CT molecular complexity index is 1090. The van der Waals surface area contributed by atoms with Gasteiger partial charge >= 0.3 is 0 Å². The summed E-state index contributed by atoms with van der Waals surface area (Å²) in [5, 5.41) is 6.32. The normalized spacial score (nSPS) is 11.1. The lowest BCUT2D eigenvalue weighted by molar-refractivity contribution is 0.615. The molecule has 0 spiro atoms. The number of benzene rings is 2. The topological polar surface area (TPSA) is 67.7 Å². The number of hydrogen-bond donors (Lipinski definition) is 2. The van der Waals surface area contributed by atoms with Crippen molar-refractivity contribution >= 4 is 28.7 Å². The van der Waals surface area contributed by atoms with Gasteiger partial charge in [-0.05, 0) is 31.5 Å². The minimum atomic E-state index is -0.332. The van der Waals surface area contributed by atoms with E-state index in [2.05, 4.69) is 25.6 Å². The van der Waals surface area contributed by atoms with Crippen LogP contribution in [0.5, 0.6) is 0 Å². The molecule has 0 saturated carbocycles. The second-order valence-corrected chi connectivity index (χ2v) is 6.75. The van der Waals surface area contributed by atoms with Gasteiger partial charge in [0.05, 0.1) is 11.9 Å². The summed E-state index contributed by atoms with van der Waals surface area (Å²) in [4.78, 5) is 13.6. The second-order valence-electron chi connectivity index (χ2n) is 6.75. The highest BCUT2D eigenvalue weighted by atomic mass is 19.1. The Morgan fingerprint density at radius 3 is 2.50 bits per heavy atom. The van der Waals surface area contributed by atoms with E-state index in [9.17, 15) is 4.39 Å². The van der Waals surface area contributed by atoms with Crippen LogP contribution in [-0.2, 0) is 6.54 Å². The highest BCUT2D eigenvalue weighted by molar-refractivity contribution is 5.76. The Labute approximate surface area is 162 Å². The second kappa shape index (κ2) is 7.64. The molecule has 0 aliphatic heterocycles. The van der Waals surface area contributed by atoms with E-state index in [-0.39, 0.29) is 11.9 Å². The summed E-state index contributed by atoms with van der Waals surface area (Å²) in [5.41, 5.74) is 2.86. The van der Waals surface area contributed by atoms with Crippen LogP contribution in [0.2, 0.25) is 0 Å². The molecule has 4 aromatic rings. The molecular weight excluding hydrogens is 355 g/mol. The van der Waals surface area contributed by atoms with Crippen molar-refractivity contribution in [3.63, 3.8) is 0 Å². The molecule has 0 bridgehead atoms. The summed E-state index contributed by atoms with van der Waals surface area (Å²) in [5.74, 6) is 0.723. The first-order valence-corrected chi connectivity index (χ1v) is 9.16. The van der Waals surface area contributed by atoms with Crippen molar-refractivity contribution < 1.29 is 4.39 Å².